The van der Waals surface area contributed by atoms with E-state index >= 15 is 0 Å². The summed E-state index contributed by atoms with van der Waals surface area (Å²) in [7, 11) is 1.33. The van der Waals surface area contributed by atoms with E-state index in [-0.39, 0.29) is 18.1 Å². The van der Waals surface area contributed by atoms with Gasteiger partial charge in [0.05, 0.1) is 12.0 Å². The highest BCUT2D eigenvalue weighted by Gasteiger charge is 2.23. The number of hydrogen-bond acceptors (Lipinski definition) is 6. The number of benzene rings is 2. The SMILES string of the molecule is COC(=O)CCC=Cc1cc(C2=COC(Cc3ccccc3)O2)cc([N+](=O)[O-])c1. The molecule has 1 heterocycles. The van der Waals surface area contributed by atoms with E-state index < -0.39 is 11.2 Å². The van der Waals surface area contributed by atoms with Gasteiger partial charge in [0.1, 0.15) is 6.26 Å². The van der Waals surface area contributed by atoms with Crippen molar-refractivity contribution in [3.8, 4) is 0 Å². The molecule has 0 bridgehead atoms. The van der Waals surface area contributed by atoms with Gasteiger partial charge in [-0.15, -0.1) is 0 Å². The quantitative estimate of drug-likeness (QED) is 0.372. The number of methoxy groups -OCH3 is 1. The number of nitro benzene ring substituents is 1. The second-order valence-corrected chi connectivity index (χ2v) is 6.44. The molecule has 0 aromatic heterocycles. The van der Waals surface area contributed by atoms with Crippen molar-refractivity contribution in [3.63, 3.8) is 0 Å². The first-order chi connectivity index (χ1) is 14.0. The van der Waals surface area contributed by atoms with Gasteiger partial charge in [-0.1, -0.05) is 42.5 Å². The molecule has 29 heavy (non-hydrogen) atoms. The summed E-state index contributed by atoms with van der Waals surface area (Å²) in [5, 5.41) is 11.3. The molecule has 1 aliphatic heterocycles. The van der Waals surface area contributed by atoms with Crippen LogP contribution in [0.15, 0.2) is 60.9 Å². The van der Waals surface area contributed by atoms with Crippen molar-refractivity contribution < 1.29 is 23.9 Å². The Hall–Kier alpha value is -3.61. The summed E-state index contributed by atoms with van der Waals surface area (Å²) in [6.45, 7) is 0. The number of carbonyl (C=O) groups excluding carboxylic acids is 1. The Balaban J connectivity index is 1.71. The number of ether oxygens (including phenoxy) is 3. The highest BCUT2D eigenvalue weighted by atomic mass is 16.7. The topological polar surface area (TPSA) is 87.9 Å². The van der Waals surface area contributed by atoms with Crippen molar-refractivity contribution in [2.45, 2.75) is 25.6 Å². The number of rotatable bonds is 8. The first kappa shape index (κ1) is 20.1. The number of nitrogens with zero attached hydrogens (tertiary/aromatic N) is 1. The summed E-state index contributed by atoms with van der Waals surface area (Å²) in [4.78, 5) is 22.0. The number of esters is 1. The molecule has 2 aromatic rings. The minimum Gasteiger partial charge on any atom is -0.469 e. The molecule has 2 aromatic carbocycles. The van der Waals surface area contributed by atoms with E-state index in [0.717, 1.165) is 5.56 Å². The normalized spacial score (nSPS) is 15.5. The fourth-order valence-electron chi connectivity index (χ4n) is 2.87. The van der Waals surface area contributed by atoms with Crippen LogP contribution in [0.1, 0.15) is 29.5 Å². The smallest absolute Gasteiger partial charge is 0.305 e. The minimum atomic E-state index is -0.481. The van der Waals surface area contributed by atoms with Gasteiger partial charge < -0.3 is 14.2 Å². The molecule has 0 fully saturated rings. The monoisotopic (exact) mass is 395 g/mol. The second kappa shape index (κ2) is 9.54. The molecule has 0 N–H and O–H groups in total. The van der Waals surface area contributed by atoms with Crippen molar-refractivity contribution >= 4 is 23.5 Å². The first-order valence-corrected chi connectivity index (χ1v) is 9.14. The summed E-state index contributed by atoms with van der Waals surface area (Å²) in [6.07, 6.45) is 5.80. The summed E-state index contributed by atoms with van der Waals surface area (Å²) < 4.78 is 16.0. The molecule has 3 rings (SSSR count). The molecule has 0 saturated carbocycles. The van der Waals surface area contributed by atoms with Crippen LogP contribution in [0, 0.1) is 10.1 Å². The van der Waals surface area contributed by atoms with Gasteiger partial charge in [-0.2, -0.15) is 0 Å². The summed E-state index contributed by atoms with van der Waals surface area (Å²) >= 11 is 0. The highest BCUT2D eigenvalue weighted by Crippen LogP contribution is 2.30. The predicted octanol–water partition coefficient (Wildman–Crippen LogP) is 4.48. The van der Waals surface area contributed by atoms with Gasteiger partial charge in [0.15, 0.2) is 5.76 Å². The minimum absolute atomic E-state index is 0.0499. The molecular formula is C22H21NO6. The fraction of sp³-hybridized carbons (Fsp3) is 0.227. The average Bonchev–Trinajstić information content (AvgIpc) is 3.20. The van der Waals surface area contributed by atoms with Crippen LogP contribution in [-0.2, 0) is 25.4 Å². The Labute approximate surface area is 168 Å². The van der Waals surface area contributed by atoms with Crippen molar-refractivity contribution in [2.24, 2.45) is 0 Å². The Kier molecular flexibility index (Phi) is 6.63. The van der Waals surface area contributed by atoms with E-state index in [9.17, 15) is 14.9 Å². The van der Waals surface area contributed by atoms with Crippen LogP contribution in [0.25, 0.3) is 11.8 Å². The third kappa shape index (κ3) is 5.68. The Morgan fingerprint density at radius 1 is 1.24 bits per heavy atom. The predicted molar refractivity (Wildman–Crippen MR) is 107 cm³/mol. The highest BCUT2D eigenvalue weighted by molar-refractivity contribution is 5.70. The molecule has 1 aliphatic rings. The largest absolute Gasteiger partial charge is 0.469 e. The molecule has 0 aliphatic carbocycles. The lowest BCUT2D eigenvalue weighted by molar-refractivity contribution is -0.384. The van der Waals surface area contributed by atoms with E-state index in [1.165, 1.54) is 25.5 Å². The van der Waals surface area contributed by atoms with E-state index in [1.807, 2.05) is 30.3 Å². The van der Waals surface area contributed by atoms with Gasteiger partial charge >= 0.3 is 5.97 Å². The summed E-state index contributed by atoms with van der Waals surface area (Å²) in [5.41, 5.74) is 2.21. The number of hydrogen-bond donors (Lipinski definition) is 0. The van der Waals surface area contributed by atoms with Crippen LogP contribution in [0.5, 0.6) is 0 Å². The summed E-state index contributed by atoms with van der Waals surface area (Å²) in [6, 6.07) is 14.5. The van der Waals surface area contributed by atoms with Crippen LogP contribution >= 0.6 is 0 Å². The third-order valence-corrected chi connectivity index (χ3v) is 4.32. The van der Waals surface area contributed by atoms with E-state index in [4.69, 9.17) is 9.47 Å². The van der Waals surface area contributed by atoms with Crippen molar-refractivity contribution in [3.05, 3.63) is 87.7 Å². The zero-order valence-electron chi connectivity index (χ0n) is 15.9. The van der Waals surface area contributed by atoms with Gasteiger partial charge in [-0.05, 0) is 23.6 Å². The fourth-order valence-corrected chi connectivity index (χ4v) is 2.87. The van der Waals surface area contributed by atoms with Crippen LogP contribution in [0.3, 0.4) is 0 Å². The molecular weight excluding hydrogens is 374 g/mol. The Morgan fingerprint density at radius 3 is 2.76 bits per heavy atom. The second-order valence-electron chi connectivity index (χ2n) is 6.44. The maximum absolute atomic E-state index is 11.3. The van der Waals surface area contributed by atoms with E-state index in [2.05, 4.69) is 4.74 Å². The van der Waals surface area contributed by atoms with E-state index in [0.29, 0.717) is 29.7 Å². The zero-order valence-corrected chi connectivity index (χ0v) is 15.9. The maximum atomic E-state index is 11.3. The molecule has 0 radical (unpaired) electrons. The van der Waals surface area contributed by atoms with Gasteiger partial charge in [-0.3, -0.25) is 14.9 Å². The van der Waals surface area contributed by atoms with Crippen molar-refractivity contribution in [1.82, 2.24) is 0 Å². The van der Waals surface area contributed by atoms with Crippen LogP contribution in [-0.4, -0.2) is 24.3 Å². The van der Waals surface area contributed by atoms with Crippen molar-refractivity contribution in [1.29, 1.82) is 0 Å². The van der Waals surface area contributed by atoms with Crippen LogP contribution in [0.4, 0.5) is 5.69 Å². The van der Waals surface area contributed by atoms with Gasteiger partial charge in [-0.25, -0.2) is 0 Å². The van der Waals surface area contributed by atoms with Crippen LogP contribution < -0.4 is 0 Å². The number of allylic oxidation sites excluding steroid dienone is 1. The molecule has 7 nitrogen and oxygen atoms in total. The average molecular weight is 395 g/mol. The summed E-state index contributed by atoms with van der Waals surface area (Å²) in [5.74, 6) is 0.138. The molecule has 0 amide bonds. The number of non-ortho nitro benzene ring substituents is 1. The molecule has 0 spiro atoms. The molecule has 0 saturated heterocycles. The zero-order chi connectivity index (χ0) is 20.6. The lowest BCUT2D eigenvalue weighted by atomic mass is 10.1. The molecule has 1 atom stereocenters. The lowest BCUT2D eigenvalue weighted by Gasteiger charge is -2.12. The lowest BCUT2D eigenvalue weighted by Crippen LogP contribution is -2.11. The first-order valence-electron chi connectivity index (χ1n) is 9.14. The molecule has 150 valence electrons. The van der Waals surface area contributed by atoms with Gasteiger partial charge in [0, 0.05) is 30.5 Å². The number of nitro groups is 1. The van der Waals surface area contributed by atoms with E-state index in [1.54, 1.807) is 18.2 Å². The standard InChI is InChI=1S/C22H21NO6/c1-27-21(24)10-6-5-9-17-11-18(14-19(12-17)23(25)26)20-15-28-22(29-20)13-16-7-3-2-4-8-16/h2-5,7-9,11-12,14-15,22H,6,10,13H2,1H3. The molecule has 1 unspecified atom stereocenters. The Bertz CT molecular complexity index is 936. The Morgan fingerprint density at radius 2 is 2.03 bits per heavy atom. The van der Waals surface area contributed by atoms with Crippen molar-refractivity contribution in [2.75, 3.05) is 7.11 Å². The van der Waals surface area contributed by atoms with Gasteiger partial charge in [0.2, 0.25) is 6.29 Å². The van der Waals surface area contributed by atoms with Gasteiger partial charge in [0.25, 0.3) is 5.69 Å². The third-order valence-electron chi connectivity index (χ3n) is 4.32. The number of carbonyl (C=O) groups is 1. The maximum Gasteiger partial charge on any atom is 0.305 e. The van der Waals surface area contributed by atoms with Crippen LogP contribution in [0.2, 0.25) is 0 Å². The molecule has 7 heteroatoms.